The highest BCUT2D eigenvalue weighted by Gasteiger charge is 2.38. The molecule has 2 heteroatoms. The fourth-order valence-corrected chi connectivity index (χ4v) is 11.9. The fourth-order valence-electron chi connectivity index (χ4n) is 11.9. The molecule has 4 bridgehead atoms. The molecule has 69 heavy (non-hydrogen) atoms. The number of hydrogen-bond acceptors (Lipinski definition) is 2. The van der Waals surface area contributed by atoms with Crippen LogP contribution in [0.4, 0.5) is 34.1 Å². The quantitative estimate of drug-likeness (QED) is 0.142. The van der Waals surface area contributed by atoms with Crippen LogP contribution in [0.15, 0.2) is 212 Å². The van der Waals surface area contributed by atoms with Crippen molar-refractivity contribution in [3.8, 4) is 33.4 Å². The summed E-state index contributed by atoms with van der Waals surface area (Å²) in [5.74, 6) is 0.681. The highest BCUT2D eigenvalue weighted by molar-refractivity contribution is 5.96. The first-order valence-electron chi connectivity index (χ1n) is 25.4. The van der Waals surface area contributed by atoms with Crippen LogP contribution in [0.3, 0.4) is 0 Å². The van der Waals surface area contributed by atoms with E-state index < -0.39 is 0 Å². The molecule has 0 atom stereocenters. The van der Waals surface area contributed by atoms with E-state index in [2.05, 4.69) is 236 Å². The zero-order chi connectivity index (χ0) is 46.3. The van der Waals surface area contributed by atoms with Crippen molar-refractivity contribution in [3.63, 3.8) is 0 Å². The van der Waals surface area contributed by atoms with Gasteiger partial charge in [-0.15, -0.1) is 0 Å². The van der Waals surface area contributed by atoms with Crippen molar-refractivity contribution in [3.05, 3.63) is 251 Å². The molecule has 0 N–H and O–H groups in total. The van der Waals surface area contributed by atoms with E-state index in [1.165, 1.54) is 133 Å². The van der Waals surface area contributed by atoms with Gasteiger partial charge in [-0.2, -0.15) is 0 Å². The predicted octanol–water partition coefficient (Wildman–Crippen LogP) is 18.2. The molecule has 0 heterocycles. The van der Waals surface area contributed by atoms with E-state index in [0.717, 1.165) is 31.4 Å². The van der Waals surface area contributed by atoms with E-state index in [9.17, 15) is 0 Å². The minimum atomic E-state index is -0.176. The SMILES string of the molecule is CC1(C)c2ccccc2-c2c(-c3ccccc3)cc(N(c3ccc(-c4ccccc4)cc3)c3cc4ccc3CCc3ccc(c(N(c5ccccc5)c5ccc(C6CCCCC6)cc5)c3)CC4)cc21. The van der Waals surface area contributed by atoms with Gasteiger partial charge in [0.25, 0.3) is 0 Å². The first-order chi connectivity index (χ1) is 34.0. The van der Waals surface area contributed by atoms with E-state index >= 15 is 0 Å². The second kappa shape index (κ2) is 18.2. The van der Waals surface area contributed by atoms with Crippen molar-refractivity contribution in [1.82, 2.24) is 0 Å². The lowest BCUT2D eigenvalue weighted by Crippen LogP contribution is -2.18. The second-order valence-corrected chi connectivity index (χ2v) is 20.2. The Hall–Kier alpha value is -7.42. The standard InChI is InChI=1S/C67H60N2/c1-67(2)62-26-16-15-25-60(62)66-61(53-21-11-5-12-22-53)45-59(46-63(66)67)69(58-41-37-52(38-42-58)50-19-9-4-10-20-50)65-44-48-28-32-54-31-27-47(29-33-55(65)34-30-48)43-64(54)68(56-23-13-6-14-24-56)57-39-35-51(36-40-57)49-17-7-3-8-18-49/h4-6,9-16,19-27,30-31,34-46,49H,3,7-8,17-18,28-29,32-33H2,1-2H3. The van der Waals surface area contributed by atoms with Crippen LogP contribution in [0, 0.1) is 0 Å². The third kappa shape index (κ3) is 8.16. The molecule has 0 radical (unpaired) electrons. The van der Waals surface area contributed by atoms with Gasteiger partial charge in [0, 0.05) is 39.5 Å². The van der Waals surface area contributed by atoms with Crippen molar-refractivity contribution in [2.45, 2.75) is 83.0 Å². The smallest absolute Gasteiger partial charge is 0.0496 e. The number of rotatable bonds is 9. The van der Waals surface area contributed by atoms with Crippen LogP contribution in [-0.4, -0.2) is 0 Å². The summed E-state index contributed by atoms with van der Waals surface area (Å²) in [6.45, 7) is 4.81. The highest BCUT2D eigenvalue weighted by atomic mass is 15.2. The van der Waals surface area contributed by atoms with E-state index in [0.29, 0.717) is 5.92 Å². The van der Waals surface area contributed by atoms with Crippen LogP contribution in [0.2, 0.25) is 0 Å². The van der Waals surface area contributed by atoms with E-state index in [-0.39, 0.29) is 5.41 Å². The topological polar surface area (TPSA) is 6.48 Å². The summed E-state index contributed by atoms with van der Waals surface area (Å²) < 4.78 is 0. The van der Waals surface area contributed by atoms with Crippen molar-refractivity contribution < 1.29 is 0 Å². The van der Waals surface area contributed by atoms with Gasteiger partial charge >= 0.3 is 0 Å². The molecule has 2 nitrogen and oxygen atoms in total. The van der Waals surface area contributed by atoms with Crippen LogP contribution < -0.4 is 9.80 Å². The lowest BCUT2D eigenvalue weighted by molar-refractivity contribution is 0.443. The van der Waals surface area contributed by atoms with Crippen molar-refractivity contribution in [2.75, 3.05) is 9.80 Å². The first kappa shape index (κ1) is 42.9. The summed E-state index contributed by atoms with van der Waals surface area (Å²) in [6.07, 6.45) is 10.4. The summed E-state index contributed by atoms with van der Waals surface area (Å²) in [5, 5.41) is 0. The lowest BCUT2D eigenvalue weighted by atomic mass is 9.81. The van der Waals surface area contributed by atoms with Gasteiger partial charge < -0.3 is 9.80 Å². The zero-order valence-corrected chi connectivity index (χ0v) is 40.0. The largest absolute Gasteiger partial charge is 0.310 e. The molecule has 1 saturated carbocycles. The maximum absolute atomic E-state index is 2.58. The van der Waals surface area contributed by atoms with Crippen LogP contribution in [0.5, 0.6) is 0 Å². The summed E-state index contributed by atoms with van der Waals surface area (Å²) >= 11 is 0. The lowest BCUT2D eigenvalue weighted by Gasteiger charge is -2.32. The molecule has 0 spiro atoms. The van der Waals surface area contributed by atoms with Gasteiger partial charge in [0.1, 0.15) is 0 Å². The molecule has 0 aromatic heterocycles. The highest BCUT2D eigenvalue weighted by Crippen LogP contribution is 2.55. The van der Waals surface area contributed by atoms with Crippen LogP contribution in [-0.2, 0) is 31.1 Å². The van der Waals surface area contributed by atoms with Crippen LogP contribution in [0.1, 0.15) is 90.8 Å². The Morgan fingerprint density at radius 2 is 0.884 bits per heavy atom. The molecule has 6 aliphatic rings. The minimum Gasteiger partial charge on any atom is -0.310 e. The Bertz CT molecular complexity index is 3250. The number of benzene rings is 9. The third-order valence-corrected chi connectivity index (χ3v) is 15.6. The van der Waals surface area contributed by atoms with Gasteiger partial charge in [-0.25, -0.2) is 0 Å². The Kier molecular flexibility index (Phi) is 11.3. The average Bonchev–Trinajstić information content (AvgIpc) is 3.64. The van der Waals surface area contributed by atoms with Gasteiger partial charge in [-0.05, 0) is 177 Å². The van der Waals surface area contributed by atoms with E-state index in [4.69, 9.17) is 0 Å². The minimum absolute atomic E-state index is 0.176. The summed E-state index contributed by atoms with van der Waals surface area (Å²) in [5.41, 5.74) is 24.4. The predicted molar refractivity (Wildman–Crippen MR) is 291 cm³/mol. The van der Waals surface area contributed by atoms with Gasteiger partial charge in [0.2, 0.25) is 0 Å². The molecule has 0 saturated heterocycles. The maximum Gasteiger partial charge on any atom is 0.0496 e. The van der Waals surface area contributed by atoms with Gasteiger partial charge in [0.05, 0.1) is 0 Å². The monoisotopic (exact) mass is 892 g/mol. The fraction of sp³-hybridized carbons (Fsp3) is 0.194. The molecule has 6 aliphatic carbocycles. The van der Waals surface area contributed by atoms with Gasteiger partial charge in [-0.1, -0.05) is 185 Å². The van der Waals surface area contributed by atoms with Gasteiger partial charge in [-0.3, -0.25) is 0 Å². The van der Waals surface area contributed by atoms with E-state index in [1.54, 1.807) is 0 Å². The van der Waals surface area contributed by atoms with Crippen LogP contribution in [0.25, 0.3) is 33.4 Å². The van der Waals surface area contributed by atoms with Crippen LogP contribution >= 0.6 is 0 Å². The average molecular weight is 893 g/mol. The maximum atomic E-state index is 2.58. The molecule has 0 unspecified atom stereocenters. The molecule has 1 fully saturated rings. The summed E-state index contributed by atoms with van der Waals surface area (Å²) in [4.78, 5) is 5.09. The normalized spacial score (nSPS) is 14.9. The first-order valence-corrected chi connectivity index (χ1v) is 25.4. The van der Waals surface area contributed by atoms with E-state index in [1.807, 2.05) is 0 Å². The molecule has 0 amide bonds. The Balaban J connectivity index is 0.977. The molecule has 338 valence electrons. The number of hydrogen-bond donors (Lipinski definition) is 0. The third-order valence-electron chi connectivity index (χ3n) is 15.6. The molecular weight excluding hydrogens is 833 g/mol. The number of aryl methyl sites for hydroxylation is 4. The van der Waals surface area contributed by atoms with Crippen molar-refractivity contribution in [2.24, 2.45) is 0 Å². The molecular formula is C67H60N2. The zero-order valence-electron chi connectivity index (χ0n) is 40.0. The Morgan fingerprint density at radius 3 is 1.51 bits per heavy atom. The molecule has 9 aromatic carbocycles. The van der Waals surface area contributed by atoms with Gasteiger partial charge in [0.15, 0.2) is 0 Å². The molecule has 15 rings (SSSR count). The number of fused-ring (bicyclic) bond motifs is 3. The van der Waals surface area contributed by atoms with Crippen molar-refractivity contribution in [1.29, 1.82) is 0 Å². The Morgan fingerprint density at radius 1 is 0.377 bits per heavy atom. The number of para-hydroxylation sites is 1. The summed E-state index contributed by atoms with van der Waals surface area (Å²) in [7, 11) is 0. The number of nitrogens with zero attached hydrogens (tertiary/aromatic N) is 2. The summed E-state index contributed by atoms with van der Waals surface area (Å²) in [6, 6.07) is 80.4. The Labute approximate surface area is 409 Å². The molecule has 9 aromatic rings. The number of anilines is 6. The molecule has 0 aliphatic heterocycles. The second-order valence-electron chi connectivity index (χ2n) is 20.2. The van der Waals surface area contributed by atoms with Crippen molar-refractivity contribution >= 4 is 34.1 Å².